The van der Waals surface area contributed by atoms with E-state index in [9.17, 15) is 8.42 Å². The van der Waals surface area contributed by atoms with Gasteiger partial charge < -0.3 is 5.32 Å². The molecule has 0 heterocycles. The third-order valence-electron chi connectivity index (χ3n) is 3.11. The van der Waals surface area contributed by atoms with Gasteiger partial charge in [0.2, 0.25) is 10.0 Å². The predicted octanol–water partition coefficient (Wildman–Crippen LogP) is 2.98. The van der Waals surface area contributed by atoms with Gasteiger partial charge in [-0.25, -0.2) is 8.42 Å². The smallest absolute Gasteiger partial charge is 0.244 e. The lowest BCUT2D eigenvalue weighted by Crippen LogP contribution is -2.32. The number of unbranched alkanes of at least 4 members (excludes halogenated alkanes) is 1. The van der Waals surface area contributed by atoms with E-state index in [1.165, 1.54) is 4.31 Å². The maximum atomic E-state index is 12.6. The first-order valence-corrected chi connectivity index (χ1v) is 9.13. The van der Waals surface area contributed by atoms with Crippen LogP contribution in [0.2, 0.25) is 0 Å². The molecule has 1 aromatic carbocycles. The third kappa shape index (κ3) is 4.28. The van der Waals surface area contributed by atoms with Crippen molar-refractivity contribution in [3.63, 3.8) is 0 Å². The number of hydrogen-bond acceptors (Lipinski definition) is 3. The summed E-state index contributed by atoms with van der Waals surface area (Å²) in [5.74, 6) is 0. The molecule has 20 heavy (non-hydrogen) atoms. The number of rotatable bonds is 8. The Balaban J connectivity index is 3.07. The van der Waals surface area contributed by atoms with E-state index < -0.39 is 10.0 Å². The van der Waals surface area contributed by atoms with Crippen LogP contribution < -0.4 is 5.32 Å². The minimum absolute atomic E-state index is 0.343. The van der Waals surface area contributed by atoms with Crippen molar-refractivity contribution >= 4 is 26.0 Å². The Kier molecular flexibility index (Phi) is 7.15. The normalized spacial score (nSPS) is 12.1. The van der Waals surface area contributed by atoms with Crippen molar-refractivity contribution in [1.82, 2.24) is 9.62 Å². The summed E-state index contributed by atoms with van der Waals surface area (Å²) >= 11 is 3.39. The highest BCUT2D eigenvalue weighted by Crippen LogP contribution is 2.26. The zero-order chi connectivity index (χ0) is 15.2. The van der Waals surface area contributed by atoms with Gasteiger partial charge in [0, 0.05) is 24.1 Å². The van der Waals surface area contributed by atoms with Crippen LogP contribution in [0.5, 0.6) is 0 Å². The summed E-state index contributed by atoms with van der Waals surface area (Å²) in [5, 5.41) is 3.05. The molecule has 0 saturated heterocycles. The number of nitrogens with one attached hydrogen (secondary N) is 1. The Hall–Kier alpha value is -0.430. The molecule has 1 N–H and O–H groups in total. The van der Waals surface area contributed by atoms with Gasteiger partial charge in [-0.2, -0.15) is 4.31 Å². The van der Waals surface area contributed by atoms with Crippen LogP contribution >= 0.6 is 15.9 Å². The van der Waals surface area contributed by atoms with Gasteiger partial charge in [-0.3, -0.25) is 0 Å². The average Bonchev–Trinajstić information content (AvgIpc) is 2.39. The standard InChI is InChI=1S/C14H23BrN2O2S/c1-4-6-9-17(5-2)20(18,19)14-8-7-12(11-16-3)10-13(14)15/h7-8,10,16H,4-6,9,11H2,1-3H3. The lowest BCUT2D eigenvalue weighted by Gasteiger charge is -2.21. The van der Waals surface area contributed by atoms with E-state index in [4.69, 9.17) is 0 Å². The van der Waals surface area contributed by atoms with Crippen molar-refractivity contribution in [2.24, 2.45) is 0 Å². The van der Waals surface area contributed by atoms with Crippen LogP contribution in [0.15, 0.2) is 27.6 Å². The van der Waals surface area contributed by atoms with Gasteiger partial charge in [-0.1, -0.05) is 26.3 Å². The minimum Gasteiger partial charge on any atom is -0.316 e. The van der Waals surface area contributed by atoms with E-state index >= 15 is 0 Å². The lowest BCUT2D eigenvalue weighted by molar-refractivity contribution is 0.418. The number of benzene rings is 1. The maximum Gasteiger partial charge on any atom is 0.244 e. The van der Waals surface area contributed by atoms with Crippen molar-refractivity contribution < 1.29 is 8.42 Å². The summed E-state index contributed by atoms with van der Waals surface area (Å²) in [6, 6.07) is 5.39. The number of nitrogens with zero attached hydrogens (tertiary/aromatic N) is 1. The zero-order valence-electron chi connectivity index (χ0n) is 12.3. The van der Waals surface area contributed by atoms with Gasteiger partial charge in [0.25, 0.3) is 0 Å². The molecule has 0 saturated carbocycles. The van der Waals surface area contributed by atoms with Crippen LogP contribution in [0.4, 0.5) is 0 Å². The molecular formula is C14H23BrN2O2S. The Bertz CT molecular complexity index is 532. The molecule has 4 nitrogen and oxygen atoms in total. The quantitative estimate of drug-likeness (QED) is 0.773. The molecule has 0 fully saturated rings. The highest BCUT2D eigenvalue weighted by atomic mass is 79.9. The molecule has 0 amide bonds. The van der Waals surface area contributed by atoms with Gasteiger partial charge in [-0.05, 0) is 47.1 Å². The molecule has 0 aliphatic carbocycles. The van der Waals surface area contributed by atoms with Crippen LogP contribution in [0, 0.1) is 0 Å². The van der Waals surface area contributed by atoms with Crippen molar-refractivity contribution in [2.75, 3.05) is 20.1 Å². The summed E-state index contributed by atoms with van der Waals surface area (Å²) in [6.45, 7) is 5.71. The highest BCUT2D eigenvalue weighted by molar-refractivity contribution is 9.10. The second-order valence-electron chi connectivity index (χ2n) is 4.65. The second kappa shape index (κ2) is 8.12. The molecule has 0 bridgehead atoms. The fourth-order valence-corrected chi connectivity index (χ4v) is 4.56. The summed E-state index contributed by atoms with van der Waals surface area (Å²) in [6.07, 6.45) is 1.86. The van der Waals surface area contributed by atoms with Crippen LogP contribution in [-0.2, 0) is 16.6 Å². The van der Waals surface area contributed by atoms with E-state index in [1.54, 1.807) is 6.07 Å². The van der Waals surface area contributed by atoms with Crippen LogP contribution in [0.3, 0.4) is 0 Å². The first kappa shape index (κ1) is 17.6. The van der Waals surface area contributed by atoms with E-state index in [1.807, 2.05) is 26.1 Å². The molecule has 0 radical (unpaired) electrons. The molecule has 1 rings (SSSR count). The first-order valence-electron chi connectivity index (χ1n) is 6.90. The fraction of sp³-hybridized carbons (Fsp3) is 0.571. The topological polar surface area (TPSA) is 49.4 Å². The first-order chi connectivity index (χ1) is 9.47. The number of sulfonamides is 1. The maximum absolute atomic E-state index is 12.6. The van der Waals surface area contributed by atoms with Crippen molar-refractivity contribution in [2.45, 2.75) is 38.1 Å². The van der Waals surface area contributed by atoms with Gasteiger partial charge in [0.15, 0.2) is 0 Å². The minimum atomic E-state index is -3.42. The molecule has 0 aliphatic rings. The van der Waals surface area contributed by atoms with Gasteiger partial charge in [0.1, 0.15) is 0 Å². The molecule has 6 heteroatoms. The number of halogens is 1. The van der Waals surface area contributed by atoms with Crippen LogP contribution in [0.25, 0.3) is 0 Å². The largest absolute Gasteiger partial charge is 0.316 e. The predicted molar refractivity (Wildman–Crippen MR) is 86.2 cm³/mol. The fourth-order valence-electron chi connectivity index (χ4n) is 1.99. The summed E-state index contributed by atoms with van der Waals surface area (Å²) in [7, 11) is -1.56. The van der Waals surface area contributed by atoms with Crippen LogP contribution in [-0.4, -0.2) is 32.9 Å². The molecule has 0 spiro atoms. The SMILES string of the molecule is CCCCN(CC)S(=O)(=O)c1ccc(CNC)cc1Br. The monoisotopic (exact) mass is 362 g/mol. The van der Waals surface area contributed by atoms with Crippen molar-refractivity contribution in [3.05, 3.63) is 28.2 Å². The van der Waals surface area contributed by atoms with Gasteiger partial charge in [0.05, 0.1) is 4.90 Å². The number of hydrogen-bond donors (Lipinski definition) is 1. The zero-order valence-corrected chi connectivity index (χ0v) is 14.7. The molecule has 0 atom stereocenters. The molecular weight excluding hydrogens is 340 g/mol. The van der Waals surface area contributed by atoms with Gasteiger partial charge >= 0.3 is 0 Å². The van der Waals surface area contributed by atoms with E-state index in [2.05, 4.69) is 28.2 Å². The Morgan fingerprint density at radius 1 is 1.30 bits per heavy atom. The Labute approximate surface area is 130 Å². The molecule has 114 valence electrons. The lowest BCUT2D eigenvalue weighted by atomic mass is 10.2. The Morgan fingerprint density at radius 2 is 2.00 bits per heavy atom. The molecule has 0 unspecified atom stereocenters. The van der Waals surface area contributed by atoms with E-state index in [0.717, 1.165) is 18.4 Å². The van der Waals surface area contributed by atoms with E-state index in [0.29, 0.717) is 29.0 Å². The van der Waals surface area contributed by atoms with E-state index in [-0.39, 0.29) is 0 Å². The summed E-state index contributed by atoms with van der Waals surface area (Å²) < 4.78 is 27.4. The van der Waals surface area contributed by atoms with Gasteiger partial charge in [-0.15, -0.1) is 0 Å². The summed E-state index contributed by atoms with van der Waals surface area (Å²) in [5.41, 5.74) is 1.05. The second-order valence-corrected chi connectivity index (χ2v) is 7.41. The Morgan fingerprint density at radius 3 is 2.50 bits per heavy atom. The summed E-state index contributed by atoms with van der Waals surface area (Å²) in [4.78, 5) is 0.343. The van der Waals surface area contributed by atoms with Crippen molar-refractivity contribution in [1.29, 1.82) is 0 Å². The van der Waals surface area contributed by atoms with Crippen LogP contribution in [0.1, 0.15) is 32.3 Å². The average molecular weight is 363 g/mol. The molecule has 0 aliphatic heterocycles. The molecule has 1 aromatic rings. The van der Waals surface area contributed by atoms with Crippen molar-refractivity contribution in [3.8, 4) is 0 Å². The third-order valence-corrected chi connectivity index (χ3v) is 6.06. The molecule has 0 aromatic heterocycles. The highest BCUT2D eigenvalue weighted by Gasteiger charge is 2.24.